The predicted octanol–water partition coefficient (Wildman–Crippen LogP) is 5.30. The van der Waals surface area contributed by atoms with E-state index >= 15 is 0 Å². The molecule has 0 bridgehead atoms. The Morgan fingerprint density at radius 2 is 1.32 bits per heavy atom. The number of aliphatic hydroxyl groups is 1. The monoisotopic (exact) mass is 304 g/mol. The van der Waals surface area contributed by atoms with E-state index in [0.29, 0.717) is 6.42 Å². The van der Waals surface area contributed by atoms with Crippen molar-refractivity contribution in [2.45, 2.75) is 66.7 Å². The summed E-state index contributed by atoms with van der Waals surface area (Å²) in [7, 11) is 0. The molecule has 0 fully saturated rings. The van der Waals surface area contributed by atoms with Gasteiger partial charge in [-0.3, -0.25) is 4.79 Å². The first kappa shape index (κ1) is 20.6. The van der Waals surface area contributed by atoms with Crippen LogP contribution in [0.4, 0.5) is 0 Å². The molecule has 0 radical (unpaired) electrons. The van der Waals surface area contributed by atoms with E-state index in [1.165, 1.54) is 11.1 Å². The summed E-state index contributed by atoms with van der Waals surface area (Å²) in [6, 6.07) is 0. The van der Waals surface area contributed by atoms with Gasteiger partial charge in [0.15, 0.2) is 5.78 Å². The normalized spacial score (nSPS) is 13.3. The first-order chi connectivity index (χ1) is 10.3. The van der Waals surface area contributed by atoms with Crippen LogP contribution >= 0.6 is 0 Å². The fourth-order valence-electron chi connectivity index (χ4n) is 2.17. The summed E-state index contributed by atoms with van der Waals surface area (Å²) in [6.07, 6.45) is 12.6. The molecule has 0 aliphatic heterocycles. The molecule has 0 atom stereocenters. The standard InChI is InChI=1S/C20H32O2/c1-16(2)14-20(22)15-19(5)11-7-9-17(3)8-6-10-18(4)12-13-21/h8,11-12,14,21H,6-7,9-10,13,15H2,1-5H3/b17-8+,18-12-,19-11+. The van der Waals surface area contributed by atoms with Gasteiger partial charge in [0.05, 0.1) is 6.61 Å². The van der Waals surface area contributed by atoms with Gasteiger partial charge in [0.25, 0.3) is 0 Å². The first-order valence-electron chi connectivity index (χ1n) is 8.10. The SMILES string of the molecule is CC(C)=CC(=O)C/C(C)=C/CC/C(C)=C/CC/C(C)=C\CO. The van der Waals surface area contributed by atoms with Crippen LogP contribution in [-0.2, 0) is 4.79 Å². The van der Waals surface area contributed by atoms with Crippen LogP contribution in [0, 0.1) is 0 Å². The lowest BCUT2D eigenvalue weighted by atomic mass is 10.0. The third-order valence-corrected chi connectivity index (χ3v) is 3.41. The van der Waals surface area contributed by atoms with Crippen LogP contribution in [0.2, 0.25) is 0 Å². The van der Waals surface area contributed by atoms with Crippen molar-refractivity contribution in [3.63, 3.8) is 0 Å². The smallest absolute Gasteiger partial charge is 0.159 e. The Kier molecular flexibility index (Phi) is 11.4. The van der Waals surface area contributed by atoms with Crippen LogP contribution in [0.3, 0.4) is 0 Å². The van der Waals surface area contributed by atoms with E-state index in [2.05, 4.69) is 26.0 Å². The summed E-state index contributed by atoms with van der Waals surface area (Å²) in [5, 5.41) is 8.80. The summed E-state index contributed by atoms with van der Waals surface area (Å²) in [6.45, 7) is 10.3. The molecule has 0 unspecified atom stereocenters. The quantitative estimate of drug-likeness (QED) is 0.439. The molecule has 0 aromatic heterocycles. The van der Waals surface area contributed by atoms with E-state index in [1.54, 1.807) is 6.08 Å². The van der Waals surface area contributed by atoms with Gasteiger partial charge in [0.1, 0.15) is 0 Å². The zero-order valence-electron chi connectivity index (χ0n) is 14.9. The van der Waals surface area contributed by atoms with Crippen molar-refractivity contribution in [1.82, 2.24) is 0 Å². The summed E-state index contributed by atoms with van der Waals surface area (Å²) < 4.78 is 0. The number of rotatable bonds is 10. The van der Waals surface area contributed by atoms with Crippen molar-refractivity contribution in [3.8, 4) is 0 Å². The highest BCUT2D eigenvalue weighted by atomic mass is 16.2. The lowest BCUT2D eigenvalue weighted by molar-refractivity contribution is -0.114. The highest BCUT2D eigenvalue weighted by Crippen LogP contribution is 2.12. The summed E-state index contributed by atoms with van der Waals surface area (Å²) >= 11 is 0. The van der Waals surface area contributed by atoms with Crippen molar-refractivity contribution in [2.24, 2.45) is 0 Å². The maximum absolute atomic E-state index is 11.7. The number of hydrogen-bond donors (Lipinski definition) is 1. The third-order valence-electron chi connectivity index (χ3n) is 3.41. The Hall–Kier alpha value is -1.41. The Bertz CT molecular complexity index is 458. The van der Waals surface area contributed by atoms with Gasteiger partial charge in [-0.2, -0.15) is 0 Å². The Morgan fingerprint density at radius 1 is 0.818 bits per heavy atom. The van der Waals surface area contributed by atoms with Crippen LogP contribution in [-0.4, -0.2) is 17.5 Å². The van der Waals surface area contributed by atoms with Gasteiger partial charge in [0, 0.05) is 6.42 Å². The molecular formula is C20H32O2. The molecule has 0 aliphatic carbocycles. The van der Waals surface area contributed by atoms with Crippen LogP contribution in [0.5, 0.6) is 0 Å². The molecule has 124 valence electrons. The molecular weight excluding hydrogens is 272 g/mol. The predicted molar refractivity (Wildman–Crippen MR) is 95.9 cm³/mol. The van der Waals surface area contributed by atoms with E-state index in [-0.39, 0.29) is 12.4 Å². The molecule has 0 aromatic rings. The average Bonchev–Trinajstić information content (AvgIpc) is 2.37. The first-order valence-corrected chi connectivity index (χ1v) is 8.10. The van der Waals surface area contributed by atoms with Crippen LogP contribution in [0.25, 0.3) is 0 Å². The fourth-order valence-corrected chi connectivity index (χ4v) is 2.17. The molecule has 2 heteroatoms. The second-order valence-corrected chi connectivity index (χ2v) is 6.28. The van der Waals surface area contributed by atoms with Crippen molar-refractivity contribution >= 4 is 5.78 Å². The van der Waals surface area contributed by atoms with Gasteiger partial charge < -0.3 is 5.11 Å². The average molecular weight is 304 g/mol. The van der Waals surface area contributed by atoms with Gasteiger partial charge in [0.2, 0.25) is 0 Å². The molecule has 0 aromatic carbocycles. The zero-order valence-corrected chi connectivity index (χ0v) is 14.9. The second-order valence-electron chi connectivity index (χ2n) is 6.28. The number of allylic oxidation sites excluding steroid dienone is 7. The largest absolute Gasteiger partial charge is 0.392 e. The lowest BCUT2D eigenvalue weighted by Crippen LogP contribution is -1.94. The number of carbonyl (C=O) groups excluding carboxylic acids is 1. The highest BCUT2D eigenvalue weighted by molar-refractivity contribution is 5.91. The molecule has 0 spiro atoms. The maximum Gasteiger partial charge on any atom is 0.159 e. The van der Waals surface area contributed by atoms with Crippen molar-refractivity contribution in [1.29, 1.82) is 0 Å². The zero-order chi connectivity index (χ0) is 17.0. The minimum atomic E-state index is 0.129. The van der Waals surface area contributed by atoms with Crippen LogP contribution in [0.1, 0.15) is 66.7 Å². The number of hydrogen-bond acceptors (Lipinski definition) is 2. The van der Waals surface area contributed by atoms with E-state index < -0.39 is 0 Å². The number of aliphatic hydroxyl groups excluding tert-OH is 1. The highest BCUT2D eigenvalue weighted by Gasteiger charge is 1.99. The summed E-state index contributed by atoms with van der Waals surface area (Å²) in [5.41, 5.74) is 4.83. The summed E-state index contributed by atoms with van der Waals surface area (Å²) in [5.74, 6) is 0.187. The van der Waals surface area contributed by atoms with Crippen molar-refractivity contribution in [2.75, 3.05) is 6.61 Å². The minimum absolute atomic E-state index is 0.129. The lowest BCUT2D eigenvalue weighted by Gasteiger charge is -2.02. The van der Waals surface area contributed by atoms with E-state index in [0.717, 1.165) is 36.8 Å². The third kappa shape index (κ3) is 12.3. The van der Waals surface area contributed by atoms with Gasteiger partial charge in [-0.1, -0.05) is 40.5 Å². The Labute approximate surface area is 136 Å². The number of carbonyl (C=O) groups is 1. The number of ketones is 1. The second kappa shape index (κ2) is 12.2. The molecule has 2 nitrogen and oxygen atoms in total. The van der Waals surface area contributed by atoms with E-state index in [1.807, 2.05) is 26.8 Å². The van der Waals surface area contributed by atoms with Gasteiger partial charge in [-0.05, 0) is 66.4 Å². The molecule has 0 aliphatic rings. The minimum Gasteiger partial charge on any atom is -0.392 e. The molecule has 22 heavy (non-hydrogen) atoms. The molecule has 0 heterocycles. The topological polar surface area (TPSA) is 37.3 Å². The Balaban J connectivity index is 4.11. The van der Waals surface area contributed by atoms with Gasteiger partial charge in [-0.15, -0.1) is 0 Å². The van der Waals surface area contributed by atoms with Gasteiger partial charge in [-0.25, -0.2) is 0 Å². The molecule has 0 amide bonds. The van der Waals surface area contributed by atoms with Crippen molar-refractivity contribution < 1.29 is 9.90 Å². The van der Waals surface area contributed by atoms with E-state index in [9.17, 15) is 4.79 Å². The fraction of sp³-hybridized carbons (Fsp3) is 0.550. The van der Waals surface area contributed by atoms with Crippen LogP contribution < -0.4 is 0 Å². The molecule has 0 rings (SSSR count). The summed E-state index contributed by atoms with van der Waals surface area (Å²) in [4.78, 5) is 11.7. The van der Waals surface area contributed by atoms with Gasteiger partial charge >= 0.3 is 0 Å². The maximum atomic E-state index is 11.7. The molecule has 1 N–H and O–H groups in total. The molecule has 0 saturated carbocycles. The van der Waals surface area contributed by atoms with Crippen molar-refractivity contribution in [3.05, 3.63) is 46.6 Å². The van der Waals surface area contributed by atoms with E-state index in [4.69, 9.17) is 5.11 Å². The van der Waals surface area contributed by atoms with Crippen LogP contribution in [0.15, 0.2) is 46.6 Å². The Morgan fingerprint density at radius 3 is 1.82 bits per heavy atom. The molecule has 0 saturated heterocycles.